The molecule has 0 fully saturated rings. The third-order valence-corrected chi connectivity index (χ3v) is 3.49. The topological polar surface area (TPSA) is 98.0 Å². The van der Waals surface area contributed by atoms with Crippen LogP contribution in [0, 0.1) is 10.1 Å². The number of anilines is 1. The molecule has 2 aromatic rings. The van der Waals surface area contributed by atoms with Crippen LogP contribution in [-0.2, 0) is 11.2 Å². The summed E-state index contributed by atoms with van der Waals surface area (Å²) in [7, 11) is 0. The van der Waals surface area contributed by atoms with E-state index in [1.165, 1.54) is 35.6 Å². The molecule has 1 amide bonds. The molecule has 1 aromatic heterocycles. The van der Waals surface area contributed by atoms with Gasteiger partial charge in [-0.05, 0) is 18.1 Å². The molecule has 0 saturated carbocycles. The van der Waals surface area contributed by atoms with E-state index in [1.807, 2.05) is 6.92 Å². The first-order valence-corrected chi connectivity index (χ1v) is 6.96. The molecule has 0 aliphatic heterocycles. The van der Waals surface area contributed by atoms with Crippen molar-refractivity contribution in [3.8, 4) is 0 Å². The molecule has 0 unspecified atom stereocenters. The maximum absolute atomic E-state index is 11.7. The van der Waals surface area contributed by atoms with Crippen LogP contribution in [0.25, 0.3) is 6.08 Å². The van der Waals surface area contributed by atoms with Gasteiger partial charge in [-0.2, -0.15) is 0 Å². The molecular weight excluding hydrogens is 292 g/mol. The number of hydrogen-bond acceptors (Lipinski definition) is 6. The average Bonchev–Trinajstić information content (AvgIpc) is 2.93. The van der Waals surface area contributed by atoms with E-state index in [0.717, 1.165) is 11.4 Å². The first kappa shape index (κ1) is 14.8. The lowest BCUT2D eigenvalue weighted by molar-refractivity contribution is -0.384. The van der Waals surface area contributed by atoms with Gasteiger partial charge in [0.1, 0.15) is 5.01 Å². The Kier molecular flexibility index (Phi) is 4.72. The van der Waals surface area contributed by atoms with Crippen LogP contribution >= 0.6 is 11.3 Å². The summed E-state index contributed by atoms with van der Waals surface area (Å²) in [6, 6.07) is 6.03. The zero-order chi connectivity index (χ0) is 15.2. The Bertz CT molecular complexity index is 696. The fourth-order valence-electron chi connectivity index (χ4n) is 1.51. The van der Waals surface area contributed by atoms with Gasteiger partial charge < -0.3 is 0 Å². The van der Waals surface area contributed by atoms with Crippen molar-refractivity contribution in [2.24, 2.45) is 0 Å². The number of nitrogens with zero attached hydrogens (tertiary/aromatic N) is 3. The SMILES string of the molecule is CCc1nnc(NC(=O)C=Cc2cccc([N+](=O)[O-])c2)s1. The van der Waals surface area contributed by atoms with Crippen LogP contribution in [0.4, 0.5) is 10.8 Å². The van der Waals surface area contributed by atoms with Crippen molar-refractivity contribution in [3.05, 3.63) is 51.0 Å². The highest BCUT2D eigenvalue weighted by Gasteiger charge is 2.06. The molecule has 21 heavy (non-hydrogen) atoms. The van der Waals surface area contributed by atoms with Gasteiger partial charge in [0.15, 0.2) is 0 Å². The van der Waals surface area contributed by atoms with Crippen LogP contribution in [0.5, 0.6) is 0 Å². The van der Waals surface area contributed by atoms with Gasteiger partial charge in [0.2, 0.25) is 11.0 Å². The number of hydrogen-bond donors (Lipinski definition) is 1. The molecule has 0 radical (unpaired) electrons. The van der Waals surface area contributed by atoms with Crippen molar-refractivity contribution >= 4 is 34.1 Å². The number of carbonyl (C=O) groups is 1. The Balaban J connectivity index is 2.01. The Morgan fingerprint density at radius 2 is 2.29 bits per heavy atom. The zero-order valence-corrected chi connectivity index (χ0v) is 12.0. The number of benzene rings is 1. The largest absolute Gasteiger partial charge is 0.297 e. The van der Waals surface area contributed by atoms with Crippen molar-refractivity contribution in [1.29, 1.82) is 0 Å². The standard InChI is InChI=1S/C13H12N4O3S/c1-2-12-15-16-13(21-12)14-11(18)7-6-9-4-3-5-10(8-9)17(19)20/h3-8H,2H2,1H3,(H,14,16,18). The second kappa shape index (κ2) is 6.71. The van der Waals surface area contributed by atoms with E-state index in [9.17, 15) is 14.9 Å². The first-order valence-electron chi connectivity index (χ1n) is 6.14. The highest BCUT2D eigenvalue weighted by molar-refractivity contribution is 7.15. The molecule has 0 saturated heterocycles. The number of aromatic nitrogens is 2. The van der Waals surface area contributed by atoms with Gasteiger partial charge in [0, 0.05) is 18.2 Å². The van der Waals surface area contributed by atoms with Gasteiger partial charge in [-0.15, -0.1) is 10.2 Å². The lowest BCUT2D eigenvalue weighted by atomic mass is 10.2. The summed E-state index contributed by atoms with van der Waals surface area (Å²) >= 11 is 1.31. The Morgan fingerprint density at radius 3 is 2.95 bits per heavy atom. The van der Waals surface area contributed by atoms with Crippen molar-refractivity contribution in [2.45, 2.75) is 13.3 Å². The molecule has 108 valence electrons. The van der Waals surface area contributed by atoms with Crippen molar-refractivity contribution < 1.29 is 9.72 Å². The number of rotatable bonds is 5. The van der Waals surface area contributed by atoms with Gasteiger partial charge in [0.05, 0.1) is 4.92 Å². The number of nitrogens with one attached hydrogen (secondary N) is 1. The molecule has 0 aliphatic rings. The number of nitro groups is 1. The quantitative estimate of drug-likeness (QED) is 0.520. The van der Waals surface area contributed by atoms with Crippen molar-refractivity contribution in [3.63, 3.8) is 0 Å². The zero-order valence-electron chi connectivity index (χ0n) is 11.1. The monoisotopic (exact) mass is 304 g/mol. The van der Waals surface area contributed by atoms with E-state index < -0.39 is 4.92 Å². The maximum Gasteiger partial charge on any atom is 0.270 e. The minimum absolute atomic E-state index is 0.0192. The maximum atomic E-state index is 11.7. The molecular formula is C13H12N4O3S. The fourth-order valence-corrected chi connectivity index (χ4v) is 2.19. The van der Waals surface area contributed by atoms with Crippen molar-refractivity contribution in [1.82, 2.24) is 10.2 Å². The van der Waals surface area contributed by atoms with Gasteiger partial charge >= 0.3 is 0 Å². The second-order valence-corrected chi connectivity index (χ2v) is 5.09. The minimum Gasteiger partial charge on any atom is -0.297 e. The molecule has 0 aliphatic carbocycles. The summed E-state index contributed by atoms with van der Waals surface area (Å²) < 4.78 is 0. The molecule has 1 N–H and O–H groups in total. The molecule has 7 nitrogen and oxygen atoms in total. The van der Waals surface area contributed by atoms with Crippen LogP contribution < -0.4 is 5.32 Å². The molecule has 2 rings (SSSR count). The van der Waals surface area contributed by atoms with E-state index in [4.69, 9.17) is 0 Å². The van der Waals surface area contributed by atoms with E-state index in [0.29, 0.717) is 10.7 Å². The van der Waals surface area contributed by atoms with Gasteiger partial charge in [-0.3, -0.25) is 20.2 Å². The van der Waals surface area contributed by atoms with Crippen LogP contribution in [-0.4, -0.2) is 21.0 Å². The van der Waals surface area contributed by atoms with E-state index in [-0.39, 0.29) is 11.6 Å². The van der Waals surface area contributed by atoms with Crippen LogP contribution in [0.3, 0.4) is 0 Å². The van der Waals surface area contributed by atoms with Crippen LogP contribution in [0.15, 0.2) is 30.3 Å². The molecule has 1 aromatic carbocycles. The smallest absolute Gasteiger partial charge is 0.270 e. The minimum atomic E-state index is -0.481. The third-order valence-electron chi connectivity index (χ3n) is 2.51. The average molecular weight is 304 g/mol. The number of amides is 1. The molecule has 0 bridgehead atoms. The second-order valence-electron chi connectivity index (χ2n) is 4.03. The normalized spacial score (nSPS) is 10.7. The predicted molar refractivity (Wildman–Crippen MR) is 80.0 cm³/mol. The summed E-state index contributed by atoms with van der Waals surface area (Å²) in [6.07, 6.45) is 3.56. The van der Waals surface area contributed by atoms with Gasteiger partial charge in [-0.1, -0.05) is 30.4 Å². The van der Waals surface area contributed by atoms with Crippen molar-refractivity contribution in [2.75, 3.05) is 5.32 Å². The lowest BCUT2D eigenvalue weighted by Gasteiger charge is -1.96. The fraction of sp³-hybridized carbons (Fsp3) is 0.154. The van der Waals surface area contributed by atoms with E-state index in [1.54, 1.807) is 12.1 Å². The first-order chi connectivity index (χ1) is 10.1. The summed E-state index contributed by atoms with van der Waals surface area (Å²) in [5.74, 6) is -0.361. The van der Waals surface area contributed by atoms with Gasteiger partial charge in [0.25, 0.3) is 5.69 Å². The summed E-state index contributed by atoms with van der Waals surface area (Å²) in [6.45, 7) is 1.95. The summed E-state index contributed by atoms with van der Waals surface area (Å²) in [5, 5.41) is 22.2. The Hall–Kier alpha value is -2.61. The molecule has 0 spiro atoms. The Labute approximate surface area is 124 Å². The highest BCUT2D eigenvalue weighted by atomic mass is 32.1. The van der Waals surface area contributed by atoms with Gasteiger partial charge in [-0.25, -0.2) is 0 Å². The number of carbonyl (C=O) groups excluding carboxylic acids is 1. The third kappa shape index (κ3) is 4.18. The van der Waals surface area contributed by atoms with E-state index in [2.05, 4.69) is 15.5 Å². The summed E-state index contributed by atoms with van der Waals surface area (Å²) in [4.78, 5) is 21.9. The van der Waals surface area contributed by atoms with Crippen LogP contribution in [0.1, 0.15) is 17.5 Å². The Morgan fingerprint density at radius 1 is 1.48 bits per heavy atom. The number of aryl methyl sites for hydroxylation is 1. The molecule has 0 atom stereocenters. The summed E-state index contributed by atoms with van der Waals surface area (Å²) in [5.41, 5.74) is 0.556. The van der Waals surface area contributed by atoms with Crippen LogP contribution in [0.2, 0.25) is 0 Å². The number of non-ortho nitro benzene ring substituents is 1. The molecule has 1 heterocycles. The number of nitro benzene ring substituents is 1. The lowest BCUT2D eigenvalue weighted by Crippen LogP contribution is -2.07. The highest BCUT2D eigenvalue weighted by Crippen LogP contribution is 2.16. The predicted octanol–water partition coefficient (Wildman–Crippen LogP) is 2.66. The van der Waals surface area contributed by atoms with E-state index >= 15 is 0 Å². The molecule has 8 heteroatoms.